The summed E-state index contributed by atoms with van der Waals surface area (Å²) in [5.74, 6) is 0.685. The highest BCUT2D eigenvalue weighted by Crippen LogP contribution is 2.23. The topological polar surface area (TPSA) is 75.7 Å². The molecule has 0 radical (unpaired) electrons. The standard InChI is InChI=1S/C17H26N2O4S/c1-23-15-9-7-14(8-10-15)16(18-24(2,21)22)13-17(20)19-11-5-3-4-6-12-19/h7-10,16,18H,3-6,11-13H2,1-2H3. The molecule has 1 unspecified atom stereocenters. The Labute approximate surface area is 144 Å². The number of ether oxygens (including phenoxy) is 1. The summed E-state index contributed by atoms with van der Waals surface area (Å²) in [6.07, 6.45) is 5.55. The van der Waals surface area contributed by atoms with Crippen LogP contribution in [-0.2, 0) is 14.8 Å². The van der Waals surface area contributed by atoms with E-state index >= 15 is 0 Å². The van der Waals surface area contributed by atoms with Gasteiger partial charge in [0.1, 0.15) is 5.75 Å². The van der Waals surface area contributed by atoms with Crippen LogP contribution in [0.15, 0.2) is 24.3 Å². The highest BCUT2D eigenvalue weighted by Gasteiger charge is 2.23. The Morgan fingerprint density at radius 1 is 1.17 bits per heavy atom. The normalized spacial score (nSPS) is 17.2. The van der Waals surface area contributed by atoms with Crippen LogP contribution in [0.5, 0.6) is 5.75 Å². The third kappa shape index (κ3) is 5.79. The van der Waals surface area contributed by atoms with Crippen LogP contribution in [-0.4, -0.2) is 45.7 Å². The Hall–Kier alpha value is -1.60. The maximum absolute atomic E-state index is 12.6. The number of hydrogen-bond donors (Lipinski definition) is 1. The lowest BCUT2D eigenvalue weighted by Gasteiger charge is -2.24. The van der Waals surface area contributed by atoms with E-state index < -0.39 is 16.1 Å². The average molecular weight is 354 g/mol. The van der Waals surface area contributed by atoms with Crippen molar-refractivity contribution in [2.45, 2.75) is 38.1 Å². The molecule has 0 aromatic heterocycles. The van der Waals surface area contributed by atoms with Crippen LogP contribution in [0.2, 0.25) is 0 Å². The fourth-order valence-corrected chi connectivity index (χ4v) is 3.68. The number of rotatable bonds is 6. The smallest absolute Gasteiger partial charge is 0.224 e. The summed E-state index contributed by atoms with van der Waals surface area (Å²) >= 11 is 0. The highest BCUT2D eigenvalue weighted by atomic mass is 32.2. The number of benzene rings is 1. The molecule has 0 bridgehead atoms. The Kier molecular flexibility index (Phi) is 6.62. The van der Waals surface area contributed by atoms with Crippen molar-refractivity contribution < 1.29 is 17.9 Å². The van der Waals surface area contributed by atoms with Gasteiger partial charge < -0.3 is 9.64 Å². The molecule has 1 saturated heterocycles. The summed E-state index contributed by atoms with van der Waals surface area (Å²) < 4.78 is 31.1. The molecule has 1 aliphatic rings. The molecule has 0 spiro atoms. The summed E-state index contributed by atoms with van der Waals surface area (Å²) in [4.78, 5) is 14.5. The molecule has 1 aromatic carbocycles. The van der Waals surface area contributed by atoms with Crippen LogP contribution >= 0.6 is 0 Å². The minimum atomic E-state index is -3.42. The van der Waals surface area contributed by atoms with E-state index in [1.807, 2.05) is 4.90 Å². The molecule has 6 nitrogen and oxygen atoms in total. The number of hydrogen-bond acceptors (Lipinski definition) is 4. The molecule has 1 atom stereocenters. The first-order valence-corrected chi connectivity index (χ1v) is 10.2. The van der Waals surface area contributed by atoms with Gasteiger partial charge in [-0.15, -0.1) is 0 Å². The number of nitrogens with zero attached hydrogens (tertiary/aromatic N) is 1. The second kappa shape index (κ2) is 8.48. The van der Waals surface area contributed by atoms with Crippen molar-refractivity contribution in [1.82, 2.24) is 9.62 Å². The van der Waals surface area contributed by atoms with Crippen LogP contribution in [0, 0.1) is 0 Å². The molecule has 134 valence electrons. The lowest BCUT2D eigenvalue weighted by Crippen LogP contribution is -2.36. The van der Waals surface area contributed by atoms with E-state index in [1.54, 1.807) is 31.4 Å². The lowest BCUT2D eigenvalue weighted by molar-refractivity contribution is -0.131. The summed E-state index contributed by atoms with van der Waals surface area (Å²) in [6.45, 7) is 1.51. The van der Waals surface area contributed by atoms with Crippen molar-refractivity contribution in [3.05, 3.63) is 29.8 Å². The summed E-state index contributed by atoms with van der Waals surface area (Å²) in [5.41, 5.74) is 0.754. The number of likely N-dealkylation sites (tertiary alicyclic amines) is 1. The summed E-state index contributed by atoms with van der Waals surface area (Å²) in [5, 5.41) is 0. The minimum Gasteiger partial charge on any atom is -0.497 e. The van der Waals surface area contributed by atoms with Gasteiger partial charge in [-0.05, 0) is 30.5 Å². The first-order chi connectivity index (χ1) is 11.4. The molecule has 1 heterocycles. The van der Waals surface area contributed by atoms with Crippen LogP contribution in [0.3, 0.4) is 0 Å². The van der Waals surface area contributed by atoms with Crippen LogP contribution in [0.25, 0.3) is 0 Å². The van der Waals surface area contributed by atoms with Gasteiger partial charge in [0.05, 0.1) is 19.4 Å². The number of amides is 1. The van der Waals surface area contributed by atoms with E-state index in [4.69, 9.17) is 4.74 Å². The van der Waals surface area contributed by atoms with Gasteiger partial charge in [-0.25, -0.2) is 13.1 Å². The van der Waals surface area contributed by atoms with Gasteiger partial charge in [0.25, 0.3) is 0 Å². The van der Waals surface area contributed by atoms with E-state index in [2.05, 4.69) is 4.72 Å². The van der Waals surface area contributed by atoms with Gasteiger partial charge in [0, 0.05) is 19.5 Å². The number of sulfonamides is 1. The van der Waals surface area contributed by atoms with Gasteiger partial charge in [0.2, 0.25) is 15.9 Å². The molecule has 2 rings (SSSR count). The van der Waals surface area contributed by atoms with Crippen molar-refractivity contribution in [3.8, 4) is 5.75 Å². The van der Waals surface area contributed by atoms with Crippen LogP contribution in [0.4, 0.5) is 0 Å². The van der Waals surface area contributed by atoms with Gasteiger partial charge in [-0.2, -0.15) is 0 Å². The molecule has 1 aromatic rings. The van der Waals surface area contributed by atoms with Gasteiger partial charge in [-0.1, -0.05) is 25.0 Å². The number of methoxy groups -OCH3 is 1. The molecule has 7 heteroatoms. The van der Waals surface area contributed by atoms with Crippen molar-refractivity contribution >= 4 is 15.9 Å². The van der Waals surface area contributed by atoms with Gasteiger partial charge in [-0.3, -0.25) is 4.79 Å². The van der Waals surface area contributed by atoms with Crippen LogP contribution < -0.4 is 9.46 Å². The van der Waals surface area contributed by atoms with Crippen molar-refractivity contribution in [3.63, 3.8) is 0 Å². The maximum atomic E-state index is 12.6. The second-order valence-electron chi connectivity index (χ2n) is 6.21. The van der Waals surface area contributed by atoms with Gasteiger partial charge in [0.15, 0.2) is 0 Å². The number of carbonyl (C=O) groups excluding carboxylic acids is 1. The van der Waals surface area contributed by atoms with E-state index in [1.165, 1.54) is 0 Å². The minimum absolute atomic E-state index is 0.00568. The van der Waals surface area contributed by atoms with Crippen molar-refractivity contribution in [1.29, 1.82) is 0 Å². The number of nitrogens with one attached hydrogen (secondary N) is 1. The second-order valence-corrected chi connectivity index (χ2v) is 7.99. The predicted octanol–water partition coefficient (Wildman–Crippen LogP) is 2.08. The van der Waals surface area contributed by atoms with E-state index in [-0.39, 0.29) is 12.3 Å². The quantitative estimate of drug-likeness (QED) is 0.849. The monoisotopic (exact) mass is 354 g/mol. The average Bonchev–Trinajstić information content (AvgIpc) is 2.82. The zero-order valence-electron chi connectivity index (χ0n) is 14.3. The zero-order valence-corrected chi connectivity index (χ0v) is 15.1. The molecule has 1 fully saturated rings. The van der Waals surface area contributed by atoms with E-state index in [9.17, 15) is 13.2 Å². The Morgan fingerprint density at radius 2 is 1.75 bits per heavy atom. The zero-order chi connectivity index (χ0) is 17.6. The molecule has 1 aliphatic heterocycles. The molecule has 24 heavy (non-hydrogen) atoms. The highest BCUT2D eigenvalue weighted by molar-refractivity contribution is 7.88. The first kappa shape index (κ1) is 18.7. The Morgan fingerprint density at radius 3 is 2.25 bits per heavy atom. The molecule has 1 N–H and O–H groups in total. The van der Waals surface area contributed by atoms with Gasteiger partial charge >= 0.3 is 0 Å². The van der Waals surface area contributed by atoms with Crippen molar-refractivity contribution in [2.24, 2.45) is 0 Å². The Balaban J connectivity index is 2.14. The SMILES string of the molecule is COc1ccc(C(CC(=O)N2CCCCCC2)NS(C)(=O)=O)cc1. The third-order valence-corrected chi connectivity index (χ3v) is 4.92. The van der Waals surface area contributed by atoms with E-state index in [0.717, 1.165) is 50.6 Å². The molecular weight excluding hydrogens is 328 g/mol. The van der Waals surface area contributed by atoms with Crippen molar-refractivity contribution in [2.75, 3.05) is 26.5 Å². The Bertz CT molecular complexity index is 635. The molecule has 1 amide bonds. The van der Waals surface area contributed by atoms with Crippen LogP contribution in [0.1, 0.15) is 43.7 Å². The first-order valence-electron chi connectivity index (χ1n) is 8.28. The fraction of sp³-hybridized carbons (Fsp3) is 0.588. The molecular formula is C17H26N2O4S. The third-order valence-electron chi connectivity index (χ3n) is 4.21. The summed E-state index contributed by atoms with van der Waals surface area (Å²) in [6, 6.07) is 6.54. The largest absolute Gasteiger partial charge is 0.497 e. The van der Waals surface area contributed by atoms with E-state index in [0.29, 0.717) is 5.75 Å². The maximum Gasteiger partial charge on any atom is 0.224 e. The number of carbonyl (C=O) groups is 1. The summed E-state index contributed by atoms with van der Waals surface area (Å²) in [7, 11) is -1.85. The predicted molar refractivity (Wildman–Crippen MR) is 93.4 cm³/mol. The molecule has 0 aliphatic carbocycles. The lowest BCUT2D eigenvalue weighted by atomic mass is 10.0. The fourth-order valence-electron chi connectivity index (χ4n) is 2.95. The molecule has 0 saturated carbocycles.